The number of nitrogens with one attached hydrogen (secondary N) is 1. The molecule has 0 spiro atoms. The number of anilines is 1. The van der Waals surface area contributed by atoms with Gasteiger partial charge < -0.3 is 10.2 Å². The number of amides is 2. The van der Waals surface area contributed by atoms with Crippen LogP contribution in [0.5, 0.6) is 0 Å². The van der Waals surface area contributed by atoms with Crippen LogP contribution in [0, 0.1) is 0 Å². The maximum Gasteiger partial charge on any atom is 0.240 e. The molecule has 0 atom stereocenters. The van der Waals surface area contributed by atoms with Crippen LogP contribution in [0.2, 0.25) is 10.0 Å². The minimum absolute atomic E-state index is 0.0813. The number of carbonyl (C=O) groups is 2. The molecule has 4 nitrogen and oxygen atoms in total. The second kappa shape index (κ2) is 9.44. The molecule has 2 rings (SSSR count). The summed E-state index contributed by atoms with van der Waals surface area (Å²) in [6, 6.07) is 14.9. The fourth-order valence-electron chi connectivity index (χ4n) is 2.43. The second-order valence-corrected chi connectivity index (χ2v) is 6.48. The zero-order valence-corrected chi connectivity index (χ0v) is 15.5. The number of nitrogens with zero attached hydrogens (tertiary/aromatic N) is 1. The van der Waals surface area contributed by atoms with Crippen LogP contribution in [0.1, 0.15) is 18.9 Å². The number of rotatable bonds is 7. The number of hydrogen-bond acceptors (Lipinski definition) is 2. The summed E-state index contributed by atoms with van der Waals surface area (Å²) in [5.74, 6) is -0.488. The van der Waals surface area contributed by atoms with Crippen LogP contribution in [0.25, 0.3) is 0 Å². The Hall–Kier alpha value is -2.04. The van der Waals surface area contributed by atoms with Gasteiger partial charge in [0.1, 0.15) is 6.54 Å². The van der Waals surface area contributed by atoms with Gasteiger partial charge in [-0.05, 0) is 36.6 Å². The first-order chi connectivity index (χ1) is 12.0. The number of aryl methyl sites for hydroxylation is 1. The molecule has 0 saturated heterocycles. The first-order valence-corrected chi connectivity index (χ1v) is 8.76. The highest BCUT2D eigenvalue weighted by Crippen LogP contribution is 2.28. The predicted molar refractivity (Wildman–Crippen MR) is 102 cm³/mol. The molecule has 0 unspecified atom stereocenters. The van der Waals surface area contributed by atoms with Gasteiger partial charge in [0.05, 0.1) is 10.7 Å². The van der Waals surface area contributed by atoms with E-state index >= 15 is 0 Å². The molecule has 0 aliphatic heterocycles. The Kier molecular flexibility index (Phi) is 7.29. The van der Waals surface area contributed by atoms with E-state index in [4.69, 9.17) is 23.2 Å². The SMILES string of the molecule is CC(=O)N(CC(=O)NCCCc1ccccc1)c1ccc(Cl)cc1Cl. The van der Waals surface area contributed by atoms with E-state index in [1.165, 1.54) is 17.4 Å². The molecule has 132 valence electrons. The topological polar surface area (TPSA) is 49.4 Å². The number of carbonyl (C=O) groups excluding carboxylic acids is 2. The van der Waals surface area contributed by atoms with E-state index in [-0.39, 0.29) is 18.4 Å². The van der Waals surface area contributed by atoms with Gasteiger partial charge in [0.15, 0.2) is 0 Å². The van der Waals surface area contributed by atoms with Gasteiger partial charge in [0.25, 0.3) is 0 Å². The minimum Gasteiger partial charge on any atom is -0.355 e. The Balaban J connectivity index is 1.87. The average Bonchev–Trinajstić information content (AvgIpc) is 2.58. The van der Waals surface area contributed by atoms with Gasteiger partial charge in [-0.2, -0.15) is 0 Å². The van der Waals surface area contributed by atoms with Gasteiger partial charge in [-0.1, -0.05) is 53.5 Å². The molecule has 2 amide bonds. The van der Waals surface area contributed by atoms with E-state index in [2.05, 4.69) is 17.4 Å². The largest absolute Gasteiger partial charge is 0.355 e. The summed E-state index contributed by atoms with van der Waals surface area (Å²) in [5.41, 5.74) is 1.70. The van der Waals surface area contributed by atoms with Crippen LogP contribution < -0.4 is 10.2 Å². The summed E-state index contributed by atoms with van der Waals surface area (Å²) in [6.07, 6.45) is 1.72. The lowest BCUT2D eigenvalue weighted by Gasteiger charge is -2.22. The van der Waals surface area contributed by atoms with Gasteiger partial charge in [-0.15, -0.1) is 0 Å². The molecular formula is C19H20Cl2N2O2. The Morgan fingerprint density at radius 2 is 1.80 bits per heavy atom. The normalized spacial score (nSPS) is 10.4. The molecular weight excluding hydrogens is 359 g/mol. The van der Waals surface area contributed by atoms with Crippen molar-refractivity contribution in [2.45, 2.75) is 19.8 Å². The van der Waals surface area contributed by atoms with Crippen LogP contribution in [0.15, 0.2) is 48.5 Å². The monoisotopic (exact) mass is 378 g/mol. The highest BCUT2D eigenvalue weighted by molar-refractivity contribution is 6.36. The highest BCUT2D eigenvalue weighted by atomic mass is 35.5. The van der Waals surface area contributed by atoms with Crippen molar-refractivity contribution < 1.29 is 9.59 Å². The van der Waals surface area contributed by atoms with Crippen LogP contribution in [0.3, 0.4) is 0 Å². The molecule has 2 aromatic rings. The van der Waals surface area contributed by atoms with Gasteiger partial charge in [-0.25, -0.2) is 0 Å². The fourth-order valence-corrected chi connectivity index (χ4v) is 2.94. The first kappa shape index (κ1) is 19.3. The van der Waals surface area contributed by atoms with E-state index in [0.717, 1.165) is 12.8 Å². The van der Waals surface area contributed by atoms with E-state index in [0.29, 0.717) is 22.3 Å². The Morgan fingerprint density at radius 1 is 1.08 bits per heavy atom. The van der Waals surface area contributed by atoms with Crippen molar-refractivity contribution in [2.75, 3.05) is 18.0 Å². The summed E-state index contributed by atoms with van der Waals surface area (Å²) in [4.78, 5) is 25.4. The van der Waals surface area contributed by atoms with Crippen molar-refractivity contribution in [3.63, 3.8) is 0 Å². The Morgan fingerprint density at radius 3 is 2.44 bits per heavy atom. The van der Waals surface area contributed by atoms with Gasteiger partial charge in [0.2, 0.25) is 11.8 Å². The van der Waals surface area contributed by atoms with Crippen molar-refractivity contribution >= 4 is 40.7 Å². The second-order valence-electron chi connectivity index (χ2n) is 5.64. The molecule has 0 aromatic heterocycles. The summed E-state index contributed by atoms with van der Waals surface area (Å²) in [7, 11) is 0. The van der Waals surface area contributed by atoms with E-state index in [9.17, 15) is 9.59 Å². The lowest BCUT2D eigenvalue weighted by molar-refractivity contribution is -0.123. The summed E-state index contributed by atoms with van der Waals surface area (Å²) < 4.78 is 0. The zero-order chi connectivity index (χ0) is 18.2. The highest BCUT2D eigenvalue weighted by Gasteiger charge is 2.18. The smallest absolute Gasteiger partial charge is 0.240 e. The third kappa shape index (κ3) is 6.07. The molecule has 0 radical (unpaired) electrons. The molecule has 0 heterocycles. The summed E-state index contributed by atoms with van der Waals surface area (Å²) in [5, 5.41) is 3.64. The lowest BCUT2D eigenvalue weighted by atomic mass is 10.1. The number of hydrogen-bond donors (Lipinski definition) is 1. The van der Waals surface area contributed by atoms with Crippen LogP contribution in [-0.4, -0.2) is 24.9 Å². The molecule has 1 N–H and O–H groups in total. The molecule has 0 aliphatic carbocycles. The van der Waals surface area contributed by atoms with E-state index < -0.39 is 0 Å². The van der Waals surface area contributed by atoms with Gasteiger partial charge >= 0.3 is 0 Å². The summed E-state index contributed by atoms with van der Waals surface area (Å²) in [6.45, 7) is 1.86. The number of benzene rings is 2. The van der Waals surface area contributed by atoms with Crippen molar-refractivity contribution in [1.82, 2.24) is 5.32 Å². The van der Waals surface area contributed by atoms with Crippen LogP contribution >= 0.6 is 23.2 Å². The van der Waals surface area contributed by atoms with Crippen molar-refractivity contribution in [2.24, 2.45) is 0 Å². The van der Waals surface area contributed by atoms with Crippen molar-refractivity contribution in [3.05, 3.63) is 64.1 Å². The molecule has 6 heteroatoms. The maximum absolute atomic E-state index is 12.1. The third-order valence-electron chi connectivity index (χ3n) is 3.69. The third-order valence-corrected chi connectivity index (χ3v) is 4.23. The summed E-state index contributed by atoms with van der Waals surface area (Å²) >= 11 is 12.0. The minimum atomic E-state index is -0.261. The van der Waals surface area contributed by atoms with E-state index in [1.807, 2.05) is 18.2 Å². The molecule has 0 fully saturated rings. The van der Waals surface area contributed by atoms with E-state index in [1.54, 1.807) is 18.2 Å². The Bertz CT molecular complexity index is 735. The quantitative estimate of drug-likeness (QED) is 0.737. The van der Waals surface area contributed by atoms with Crippen molar-refractivity contribution in [1.29, 1.82) is 0 Å². The first-order valence-electron chi connectivity index (χ1n) is 8.01. The maximum atomic E-state index is 12.1. The molecule has 0 saturated carbocycles. The lowest BCUT2D eigenvalue weighted by Crippen LogP contribution is -2.40. The predicted octanol–water partition coefficient (Wildman–Crippen LogP) is 4.10. The fraction of sp³-hybridized carbons (Fsp3) is 0.263. The van der Waals surface area contributed by atoms with Crippen LogP contribution in [-0.2, 0) is 16.0 Å². The molecule has 2 aromatic carbocycles. The average molecular weight is 379 g/mol. The van der Waals surface area contributed by atoms with Crippen molar-refractivity contribution in [3.8, 4) is 0 Å². The molecule has 25 heavy (non-hydrogen) atoms. The van der Waals surface area contributed by atoms with Gasteiger partial charge in [0, 0.05) is 18.5 Å². The standard InChI is InChI=1S/C19H20Cl2N2O2/c1-14(24)23(18-10-9-16(20)12-17(18)21)13-19(25)22-11-5-8-15-6-3-2-4-7-15/h2-4,6-7,9-10,12H,5,8,11,13H2,1H3,(H,22,25). The number of halogens is 2. The molecule has 0 aliphatic rings. The zero-order valence-electron chi connectivity index (χ0n) is 14.0. The molecule has 0 bridgehead atoms. The van der Waals surface area contributed by atoms with Gasteiger partial charge in [-0.3, -0.25) is 9.59 Å². The Labute approximate surface area is 157 Å². The van der Waals surface area contributed by atoms with Crippen LogP contribution in [0.4, 0.5) is 5.69 Å².